The van der Waals surface area contributed by atoms with Gasteiger partial charge >= 0.3 is 6.09 Å². The van der Waals surface area contributed by atoms with Gasteiger partial charge < -0.3 is 14.6 Å². The number of nitrogens with zero attached hydrogens (tertiary/aromatic N) is 3. The maximum atomic E-state index is 11.6. The van der Waals surface area contributed by atoms with Crippen LogP contribution in [0, 0.1) is 0 Å². The average Bonchev–Trinajstić information content (AvgIpc) is 3.03. The summed E-state index contributed by atoms with van der Waals surface area (Å²) < 4.78 is 7.31. The van der Waals surface area contributed by atoms with Crippen LogP contribution in [0.2, 0.25) is 10.0 Å². The van der Waals surface area contributed by atoms with Crippen molar-refractivity contribution in [3.05, 3.63) is 69.9 Å². The lowest BCUT2D eigenvalue weighted by molar-refractivity contribution is 0.137. The van der Waals surface area contributed by atoms with Crippen LogP contribution in [0.3, 0.4) is 0 Å². The van der Waals surface area contributed by atoms with Crippen molar-refractivity contribution in [3.63, 3.8) is 0 Å². The molecule has 158 valence electrons. The van der Waals surface area contributed by atoms with Gasteiger partial charge in [-0.25, -0.2) is 9.78 Å². The van der Waals surface area contributed by atoms with Crippen molar-refractivity contribution in [1.82, 2.24) is 19.9 Å². The van der Waals surface area contributed by atoms with E-state index in [1.54, 1.807) is 12.3 Å². The molecule has 1 amide bonds. The smallest absolute Gasteiger partial charge is 0.407 e. The number of imidazole rings is 1. The molecule has 0 atom stereocenters. The first-order valence-corrected chi connectivity index (χ1v) is 10.9. The van der Waals surface area contributed by atoms with Crippen molar-refractivity contribution < 1.29 is 9.53 Å². The standard InChI is InChI=1S/C21H22Cl2N4O2S/c1-13(2)19-20(30-17-9-14(22)8-15(23)10-17)27(11-16-6-4-5-7-25-16)18(26-19)12-29-21(28)24-3/h4-10,13H,11-12H2,1-3H3,(H,24,28). The van der Waals surface area contributed by atoms with Gasteiger partial charge in [0.25, 0.3) is 0 Å². The fourth-order valence-electron chi connectivity index (χ4n) is 2.81. The Hall–Kier alpha value is -2.22. The van der Waals surface area contributed by atoms with E-state index in [2.05, 4.69) is 24.1 Å². The second-order valence-corrected chi connectivity index (χ2v) is 8.75. The quantitative estimate of drug-likeness (QED) is 0.480. The average molecular weight is 465 g/mol. The fraction of sp³-hybridized carbons (Fsp3) is 0.286. The number of nitrogens with one attached hydrogen (secondary N) is 1. The molecule has 3 aromatic rings. The van der Waals surface area contributed by atoms with E-state index in [1.165, 1.54) is 18.8 Å². The second-order valence-electron chi connectivity index (χ2n) is 6.81. The Morgan fingerprint density at radius 1 is 1.23 bits per heavy atom. The minimum atomic E-state index is -0.510. The van der Waals surface area contributed by atoms with Crippen molar-refractivity contribution >= 4 is 41.1 Å². The normalized spacial score (nSPS) is 11.0. The summed E-state index contributed by atoms with van der Waals surface area (Å²) in [4.78, 5) is 21.8. The summed E-state index contributed by atoms with van der Waals surface area (Å²) in [7, 11) is 1.52. The SMILES string of the molecule is CNC(=O)OCc1nc(C(C)C)c(Sc2cc(Cl)cc(Cl)c2)n1Cc1ccccn1. The number of hydrogen-bond donors (Lipinski definition) is 1. The Morgan fingerprint density at radius 2 is 1.97 bits per heavy atom. The molecule has 0 radical (unpaired) electrons. The van der Waals surface area contributed by atoms with Crippen LogP contribution in [0.1, 0.15) is 37.0 Å². The summed E-state index contributed by atoms with van der Waals surface area (Å²) in [5, 5.41) is 4.52. The Labute approximate surface area is 190 Å². The summed E-state index contributed by atoms with van der Waals surface area (Å²) in [6.45, 7) is 4.68. The van der Waals surface area contributed by atoms with E-state index in [1.807, 2.05) is 34.9 Å². The number of halogens is 2. The number of pyridine rings is 1. The van der Waals surface area contributed by atoms with Gasteiger partial charge in [0.2, 0.25) is 0 Å². The predicted octanol–water partition coefficient (Wildman–Crippen LogP) is 5.76. The molecule has 0 spiro atoms. The molecule has 0 aliphatic heterocycles. The lowest BCUT2D eigenvalue weighted by Gasteiger charge is -2.13. The number of aromatic nitrogens is 3. The van der Waals surface area contributed by atoms with Gasteiger partial charge in [-0.2, -0.15) is 0 Å². The van der Waals surface area contributed by atoms with E-state index < -0.39 is 6.09 Å². The largest absolute Gasteiger partial charge is 0.441 e. The molecule has 2 aromatic heterocycles. The molecule has 0 fully saturated rings. The summed E-state index contributed by atoms with van der Waals surface area (Å²) in [5.74, 6) is 0.800. The van der Waals surface area contributed by atoms with Gasteiger partial charge in [-0.15, -0.1) is 0 Å². The van der Waals surface area contributed by atoms with E-state index in [4.69, 9.17) is 32.9 Å². The minimum absolute atomic E-state index is 0.0447. The van der Waals surface area contributed by atoms with Crippen LogP contribution in [0.15, 0.2) is 52.5 Å². The van der Waals surface area contributed by atoms with Crippen molar-refractivity contribution in [2.45, 2.75) is 42.8 Å². The molecular weight excluding hydrogens is 443 g/mol. The molecule has 3 rings (SSSR count). The number of benzene rings is 1. The van der Waals surface area contributed by atoms with Crippen LogP contribution in [-0.2, 0) is 17.9 Å². The molecule has 0 unspecified atom stereocenters. The van der Waals surface area contributed by atoms with Gasteiger partial charge in [-0.05, 0) is 36.2 Å². The highest BCUT2D eigenvalue weighted by Crippen LogP contribution is 2.37. The zero-order valence-corrected chi connectivity index (χ0v) is 19.2. The Bertz CT molecular complexity index is 1010. The molecule has 1 aromatic carbocycles. The molecule has 6 nitrogen and oxygen atoms in total. The first-order valence-electron chi connectivity index (χ1n) is 9.35. The maximum Gasteiger partial charge on any atom is 0.407 e. The van der Waals surface area contributed by atoms with Gasteiger partial charge in [0, 0.05) is 28.2 Å². The van der Waals surface area contributed by atoms with E-state index >= 15 is 0 Å². The molecule has 1 N–H and O–H groups in total. The fourth-order valence-corrected chi connectivity index (χ4v) is 4.73. The molecule has 0 aliphatic rings. The molecule has 9 heteroatoms. The van der Waals surface area contributed by atoms with Crippen molar-refractivity contribution in [1.29, 1.82) is 0 Å². The zero-order chi connectivity index (χ0) is 21.7. The van der Waals surface area contributed by atoms with Crippen LogP contribution in [0.4, 0.5) is 4.79 Å². The monoisotopic (exact) mass is 464 g/mol. The molecule has 0 bridgehead atoms. The summed E-state index contributed by atoms with van der Waals surface area (Å²) in [6.07, 6.45) is 1.24. The minimum Gasteiger partial charge on any atom is -0.441 e. The van der Waals surface area contributed by atoms with Gasteiger partial charge in [0.1, 0.15) is 10.9 Å². The van der Waals surface area contributed by atoms with E-state index in [9.17, 15) is 4.79 Å². The van der Waals surface area contributed by atoms with Crippen LogP contribution in [0.5, 0.6) is 0 Å². The molecule has 0 aliphatic carbocycles. The summed E-state index contributed by atoms with van der Waals surface area (Å²) in [5.41, 5.74) is 1.78. The Morgan fingerprint density at radius 3 is 2.57 bits per heavy atom. The van der Waals surface area contributed by atoms with Crippen LogP contribution in [0.25, 0.3) is 0 Å². The predicted molar refractivity (Wildman–Crippen MR) is 119 cm³/mol. The summed E-state index contributed by atoms with van der Waals surface area (Å²) in [6, 6.07) is 11.2. The molecule has 0 saturated carbocycles. The topological polar surface area (TPSA) is 69.0 Å². The zero-order valence-electron chi connectivity index (χ0n) is 16.9. The molecule has 2 heterocycles. The number of alkyl carbamates (subject to hydrolysis) is 1. The number of carbonyl (C=O) groups excluding carboxylic acids is 1. The molecule has 30 heavy (non-hydrogen) atoms. The molecular formula is C21H22Cl2N4O2S. The second kappa shape index (κ2) is 10.2. The molecule has 0 saturated heterocycles. The number of ether oxygens (including phenoxy) is 1. The highest BCUT2D eigenvalue weighted by molar-refractivity contribution is 7.99. The van der Waals surface area contributed by atoms with Gasteiger partial charge in [0.15, 0.2) is 6.61 Å². The van der Waals surface area contributed by atoms with Crippen molar-refractivity contribution in [2.75, 3.05) is 7.05 Å². The number of hydrogen-bond acceptors (Lipinski definition) is 5. The number of amides is 1. The number of carbonyl (C=O) groups is 1. The third kappa shape index (κ3) is 5.68. The van der Waals surface area contributed by atoms with Gasteiger partial charge in [-0.3, -0.25) is 4.98 Å². The van der Waals surface area contributed by atoms with Crippen molar-refractivity contribution in [2.24, 2.45) is 0 Å². The van der Waals surface area contributed by atoms with E-state index in [0.717, 1.165) is 21.3 Å². The van der Waals surface area contributed by atoms with Crippen LogP contribution < -0.4 is 5.32 Å². The first-order chi connectivity index (χ1) is 14.4. The van der Waals surface area contributed by atoms with Gasteiger partial charge in [0.05, 0.1) is 17.9 Å². The maximum absolute atomic E-state index is 11.6. The lowest BCUT2D eigenvalue weighted by Crippen LogP contribution is -2.20. The van der Waals surface area contributed by atoms with Crippen molar-refractivity contribution in [3.8, 4) is 0 Å². The summed E-state index contributed by atoms with van der Waals surface area (Å²) >= 11 is 13.9. The Balaban J connectivity index is 2.06. The van der Waals surface area contributed by atoms with E-state index in [-0.39, 0.29) is 12.5 Å². The Kier molecular flexibility index (Phi) is 7.64. The van der Waals surface area contributed by atoms with Crippen LogP contribution >= 0.6 is 35.0 Å². The first kappa shape index (κ1) is 22.5. The van der Waals surface area contributed by atoms with E-state index in [0.29, 0.717) is 22.4 Å². The third-order valence-electron chi connectivity index (χ3n) is 4.21. The lowest BCUT2D eigenvalue weighted by atomic mass is 10.1. The highest BCUT2D eigenvalue weighted by atomic mass is 35.5. The van der Waals surface area contributed by atoms with Gasteiger partial charge in [-0.1, -0.05) is 54.9 Å². The third-order valence-corrected chi connectivity index (χ3v) is 5.74. The van der Waals surface area contributed by atoms with Crippen LogP contribution in [-0.4, -0.2) is 27.7 Å². The highest BCUT2D eigenvalue weighted by Gasteiger charge is 2.22. The number of rotatable bonds is 7.